The van der Waals surface area contributed by atoms with Gasteiger partial charge in [-0.05, 0) is 42.0 Å². The van der Waals surface area contributed by atoms with E-state index in [1.807, 2.05) is 0 Å². The summed E-state index contributed by atoms with van der Waals surface area (Å²) in [6.07, 6.45) is 1.31. The van der Waals surface area contributed by atoms with Crippen LogP contribution in [0.5, 0.6) is 17.2 Å². The van der Waals surface area contributed by atoms with E-state index in [1.165, 1.54) is 31.4 Å². The minimum Gasteiger partial charge on any atom is -0.497 e. The molecule has 2 aromatic rings. The van der Waals surface area contributed by atoms with Crippen LogP contribution in [-0.4, -0.2) is 31.7 Å². The molecule has 1 N–H and O–H groups in total. The van der Waals surface area contributed by atoms with Crippen molar-refractivity contribution in [1.29, 1.82) is 0 Å². The van der Waals surface area contributed by atoms with E-state index in [0.717, 1.165) is 4.90 Å². The number of hydrogen-bond donors (Lipinski definition) is 1. The normalized spacial score (nSPS) is 17.1. The molecule has 2 aromatic carbocycles. The molecule has 0 saturated carbocycles. The van der Waals surface area contributed by atoms with Crippen LogP contribution in [0.25, 0.3) is 6.08 Å². The number of anilines is 1. The number of barbiturate groups is 1. The Morgan fingerprint density at radius 1 is 1.11 bits per heavy atom. The number of urea groups is 1. The van der Waals surface area contributed by atoms with Crippen LogP contribution in [0, 0.1) is 0 Å². The summed E-state index contributed by atoms with van der Waals surface area (Å²) in [6, 6.07) is 8.54. The minimum absolute atomic E-state index is 0.0604. The van der Waals surface area contributed by atoms with Crippen LogP contribution in [0.1, 0.15) is 5.56 Å². The molecule has 2 heterocycles. The quantitative estimate of drug-likeness (QED) is 0.629. The summed E-state index contributed by atoms with van der Waals surface area (Å²) in [4.78, 5) is 38.3. The molecule has 0 atom stereocenters. The lowest BCUT2D eigenvalue weighted by Crippen LogP contribution is -2.54. The Morgan fingerprint density at radius 3 is 2.46 bits per heavy atom. The molecule has 8 nitrogen and oxygen atoms in total. The van der Waals surface area contributed by atoms with E-state index in [-0.39, 0.29) is 17.4 Å². The van der Waals surface area contributed by atoms with E-state index >= 15 is 0 Å². The third kappa shape index (κ3) is 3.03. The molecule has 0 spiro atoms. The van der Waals surface area contributed by atoms with Crippen molar-refractivity contribution in [2.45, 2.75) is 0 Å². The third-order valence-electron chi connectivity index (χ3n) is 4.22. The van der Waals surface area contributed by atoms with Crippen molar-refractivity contribution in [3.63, 3.8) is 0 Å². The van der Waals surface area contributed by atoms with Gasteiger partial charge in [0.15, 0.2) is 11.5 Å². The van der Waals surface area contributed by atoms with Crippen molar-refractivity contribution in [3.05, 3.63) is 52.6 Å². The summed E-state index contributed by atoms with van der Waals surface area (Å²) in [7, 11) is 1.50. The highest BCUT2D eigenvalue weighted by molar-refractivity contribution is 6.40. The molecule has 0 unspecified atom stereocenters. The Bertz CT molecular complexity index is 1030. The van der Waals surface area contributed by atoms with Crippen LogP contribution in [0.15, 0.2) is 42.0 Å². The number of rotatable bonds is 3. The number of benzene rings is 2. The Balaban J connectivity index is 1.72. The summed E-state index contributed by atoms with van der Waals surface area (Å²) < 4.78 is 15.6. The van der Waals surface area contributed by atoms with E-state index in [0.29, 0.717) is 28.5 Å². The highest BCUT2D eigenvalue weighted by Gasteiger charge is 2.37. The molecule has 1 fully saturated rings. The van der Waals surface area contributed by atoms with Crippen LogP contribution in [0.2, 0.25) is 5.02 Å². The molecule has 4 amide bonds. The van der Waals surface area contributed by atoms with Crippen molar-refractivity contribution >= 4 is 41.2 Å². The average molecular weight is 401 g/mol. The van der Waals surface area contributed by atoms with Crippen molar-refractivity contribution in [2.24, 2.45) is 0 Å². The second kappa shape index (κ2) is 6.90. The van der Waals surface area contributed by atoms with Gasteiger partial charge in [-0.2, -0.15) is 0 Å². The summed E-state index contributed by atoms with van der Waals surface area (Å²) in [5.41, 5.74) is 0.433. The van der Waals surface area contributed by atoms with Crippen molar-refractivity contribution in [2.75, 3.05) is 18.8 Å². The number of methoxy groups -OCH3 is 1. The van der Waals surface area contributed by atoms with Gasteiger partial charge in [0, 0.05) is 6.07 Å². The second-order valence-electron chi connectivity index (χ2n) is 5.88. The van der Waals surface area contributed by atoms with Gasteiger partial charge in [-0.25, -0.2) is 9.69 Å². The van der Waals surface area contributed by atoms with Gasteiger partial charge >= 0.3 is 6.03 Å². The number of nitrogens with zero attached hydrogens (tertiary/aromatic N) is 1. The summed E-state index contributed by atoms with van der Waals surface area (Å²) in [5.74, 6) is -0.0987. The van der Waals surface area contributed by atoms with Gasteiger partial charge in [0.1, 0.15) is 11.3 Å². The van der Waals surface area contributed by atoms with Crippen LogP contribution < -0.4 is 24.4 Å². The fourth-order valence-electron chi connectivity index (χ4n) is 2.82. The molecular weight excluding hydrogens is 388 g/mol. The fraction of sp³-hybridized carbons (Fsp3) is 0.105. The molecule has 0 radical (unpaired) electrons. The van der Waals surface area contributed by atoms with Crippen LogP contribution in [-0.2, 0) is 9.59 Å². The molecule has 2 aliphatic heterocycles. The number of fused-ring (bicyclic) bond motifs is 1. The maximum Gasteiger partial charge on any atom is 0.335 e. The van der Waals surface area contributed by atoms with E-state index in [1.54, 1.807) is 18.2 Å². The van der Waals surface area contributed by atoms with Crippen LogP contribution in [0.3, 0.4) is 0 Å². The number of ether oxygens (including phenoxy) is 3. The lowest BCUT2D eigenvalue weighted by molar-refractivity contribution is -0.122. The van der Waals surface area contributed by atoms with Crippen LogP contribution in [0.4, 0.5) is 10.5 Å². The smallest absolute Gasteiger partial charge is 0.335 e. The first-order chi connectivity index (χ1) is 13.5. The van der Waals surface area contributed by atoms with Crippen molar-refractivity contribution in [1.82, 2.24) is 5.32 Å². The Hall–Kier alpha value is -3.52. The average Bonchev–Trinajstić information content (AvgIpc) is 3.12. The molecule has 2 aliphatic rings. The maximum atomic E-state index is 12.9. The summed E-state index contributed by atoms with van der Waals surface area (Å²) in [6.45, 7) is 0.0604. The van der Waals surface area contributed by atoms with Gasteiger partial charge in [-0.15, -0.1) is 0 Å². The topological polar surface area (TPSA) is 94.2 Å². The Morgan fingerprint density at radius 2 is 1.79 bits per heavy atom. The molecule has 4 rings (SSSR count). The van der Waals surface area contributed by atoms with Gasteiger partial charge in [0.05, 0.1) is 17.8 Å². The van der Waals surface area contributed by atoms with Gasteiger partial charge in [0.2, 0.25) is 6.79 Å². The van der Waals surface area contributed by atoms with E-state index in [4.69, 9.17) is 25.8 Å². The molecule has 0 aliphatic carbocycles. The highest BCUT2D eigenvalue weighted by atomic mass is 35.5. The number of imide groups is 2. The predicted octanol–water partition coefficient (Wildman–Crippen LogP) is 2.74. The third-order valence-corrected chi connectivity index (χ3v) is 4.55. The predicted molar refractivity (Wildman–Crippen MR) is 99.6 cm³/mol. The van der Waals surface area contributed by atoms with Crippen molar-refractivity contribution < 1.29 is 28.6 Å². The van der Waals surface area contributed by atoms with E-state index < -0.39 is 17.8 Å². The molecule has 28 heavy (non-hydrogen) atoms. The number of amides is 4. The first kappa shape index (κ1) is 17.9. The molecule has 0 bridgehead atoms. The number of nitrogens with one attached hydrogen (secondary N) is 1. The fourth-order valence-corrected chi connectivity index (χ4v) is 3.03. The standard InChI is InChI=1S/C19H13ClN2O6/c1-26-12-4-2-11(3-5-12)22-18(24)13(17(23)21-19(22)25)6-10-7-15-16(8-14(10)20)28-9-27-15/h2-8H,9H2,1H3,(H,21,23,25)/b13-6+. The van der Waals surface area contributed by atoms with E-state index in [9.17, 15) is 14.4 Å². The highest BCUT2D eigenvalue weighted by Crippen LogP contribution is 2.38. The van der Waals surface area contributed by atoms with Gasteiger partial charge in [0.25, 0.3) is 11.8 Å². The van der Waals surface area contributed by atoms with E-state index in [2.05, 4.69) is 5.32 Å². The molecular formula is C19H13ClN2O6. The number of halogens is 1. The van der Waals surface area contributed by atoms with Gasteiger partial charge < -0.3 is 14.2 Å². The van der Waals surface area contributed by atoms with Crippen LogP contribution >= 0.6 is 11.6 Å². The first-order valence-electron chi connectivity index (χ1n) is 8.12. The number of hydrogen-bond acceptors (Lipinski definition) is 6. The summed E-state index contributed by atoms with van der Waals surface area (Å²) >= 11 is 6.22. The Labute approximate surface area is 164 Å². The Kier molecular flexibility index (Phi) is 4.40. The second-order valence-corrected chi connectivity index (χ2v) is 6.29. The minimum atomic E-state index is -0.839. The number of carbonyl (C=O) groups is 3. The zero-order valence-electron chi connectivity index (χ0n) is 14.5. The van der Waals surface area contributed by atoms with Crippen molar-refractivity contribution in [3.8, 4) is 17.2 Å². The molecule has 1 saturated heterocycles. The molecule has 0 aromatic heterocycles. The largest absolute Gasteiger partial charge is 0.497 e. The lowest BCUT2D eigenvalue weighted by atomic mass is 10.1. The molecule has 9 heteroatoms. The van der Waals surface area contributed by atoms with Gasteiger partial charge in [-0.1, -0.05) is 11.6 Å². The monoisotopic (exact) mass is 400 g/mol. The zero-order valence-corrected chi connectivity index (χ0v) is 15.3. The number of carbonyl (C=O) groups excluding carboxylic acids is 3. The maximum absolute atomic E-state index is 12.9. The first-order valence-corrected chi connectivity index (χ1v) is 8.50. The molecule has 142 valence electrons. The zero-order chi connectivity index (χ0) is 19.8. The summed E-state index contributed by atoms with van der Waals surface area (Å²) in [5, 5.41) is 2.43. The SMILES string of the molecule is COc1ccc(N2C(=O)NC(=O)/C(=C\c3cc4c(cc3Cl)OCO4)C2=O)cc1. The van der Waals surface area contributed by atoms with Gasteiger partial charge in [-0.3, -0.25) is 14.9 Å². The lowest BCUT2D eigenvalue weighted by Gasteiger charge is -2.26.